The molecule has 0 bridgehead atoms. The molecule has 1 N–H and O–H groups in total. The molecular weight excluding hydrogens is 258 g/mol. The normalized spacial score (nSPS) is 11.2. The summed E-state index contributed by atoms with van der Waals surface area (Å²) in [6, 6.07) is 1.50. The summed E-state index contributed by atoms with van der Waals surface area (Å²) in [4.78, 5) is 23.3. The Bertz CT molecular complexity index is 531. The number of hydrogen-bond acceptors (Lipinski definition) is 4. The monoisotopic (exact) mass is 283 g/mol. The van der Waals surface area contributed by atoms with E-state index in [2.05, 4.69) is 5.32 Å². The zero-order valence-electron chi connectivity index (χ0n) is 12.8. The van der Waals surface area contributed by atoms with Gasteiger partial charge in [0.2, 0.25) is 0 Å². The van der Waals surface area contributed by atoms with E-state index >= 15 is 0 Å². The van der Waals surface area contributed by atoms with Crippen molar-refractivity contribution in [3.8, 4) is 0 Å². The van der Waals surface area contributed by atoms with Crippen molar-refractivity contribution in [1.29, 1.82) is 0 Å². The second-order valence-electron chi connectivity index (χ2n) is 5.18. The first kappa shape index (κ1) is 16.7. The molecule has 0 aliphatic rings. The largest absolute Gasteiger partial charge is 0.379 e. The van der Waals surface area contributed by atoms with Crippen LogP contribution in [-0.4, -0.2) is 28.4 Å². The number of nitrogens with zero attached hydrogens (tertiary/aromatic N) is 2. The van der Waals surface area contributed by atoms with Crippen LogP contribution in [0.1, 0.15) is 32.4 Å². The van der Waals surface area contributed by atoms with Gasteiger partial charge in [-0.1, -0.05) is 0 Å². The Morgan fingerprint density at radius 1 is 1.20 bits per heavy atom. The third-order valence-electron chi connectivity index (χ3n) is 3.13. The first-order valence-corrected chi connectivity index (χ1v) is 7.01. The molecule has 0 atom stereocenters. The molecule has 0 radical (unpaired) electrons. The second kappa shape index (κ2) is 8.01. The van der Waals surface area contributed by atoms with Gasteiger partial charge in [0.25, 0.3) is 5.56 Å². The summed E-state index contributed by atoms with van der Waals surface area (Å²) in [6.45, 7) is 6.17. The lowest BCUT2D eigenvalue weighted by Crippen LogP contribution is -2.39. The lowest BCUT2D eigenvalue weighted by Gasteiger charge is -2.11. The summed E-state index contributed by atoms with van der Waals surface area (Å²) in [5.74, 6) is 0. The van der Waals surface area contributed by atoms with Gasteiger partial charge in [0.05, 0.1) is 6.10 Å². The summed E-state index contributed by atoms with van der Waals surface area (Å²) in [5, 5.41) is 3.24. The fourth-order valence-electron chi connectivity index (χ4n) is 1.84. The van der Waals surface area contributed by atoms with Crippen molar-refractivity contribution in [2.45, 2.75) is 39.3 Å². The van der Waals surface area contributed by atoms with Gasteiger partial charge in [-0.25, -0.2) is 4.79 Å². The Labute approximate surface area is 119 Å². The molecule has 1 aromatic rings. The van der Waals surface area contributed by atoms with E-state index in [1.807, 2.05) is 13.8 Å². The van der Waals surface area contributed by atoms with E-state index in [4.69, 9.17) is 4.74 Å². The number of unbranched alkanes of at least 4 members (excludes halogenated alkanes) is 1. The number of aromatic nitrogens is 2. The van der Waals surface area contributed by atoms with Crippen molar-refractivity contribution in [2.75, 3.05) is 13.2 Å². The van der Waals surface area contributed by atoms with Gasteiger partial charge in [-0.3, -0.25) is 13.9 Å². The molecule has 0 saturated heterocycles. The molecule has 0 fully saturated rings. The number of nitrogens with one attached hydrogen (secondary N) is 1. The van der Waals surface area contributed by atoms with Crippen molar-refractivity contribution in [2.24, 2.45) is 14.1 Å². The quantitative estimate of drug-likeness (QED) is 0.701. The summed E-state index contributed by atoms with van der Waals surface area (Å²) in [7, 11) is 3.16. The maximum Gasteiger partial charge on any atom is 0.330 e. The Kier molecular flexibility index (Phi) is 6.67. The lowest BCUT2D eigenvalue weighted by atomic mass is 10.3. The number of rotatable bonds is 8. The predicted molar refractivity (Wildman–Crippen MR) is 79.0 cm³/mol. The molecule has 114 valence electrons. The molecule has 1 aromatic heterocycles. The van der Waals surface area contributed by atoms with Crippen LogP contribution in [0, 0.1) is 0 Å². The minimum absolute atomic E-state index is 0.268. The molecule has 1 heterocycles. The number of hydrogen-bond donors (Lipinski definition) is 1. The average Bonchev–Trinajstić information content (AvgIpc) is 2.40. The number of ether oxygens (including phenoxy) is 1. The predicted octanol–water partition coefficient (Wildman–Crippen LogP) is 0.379. The Balaban J connectivity index is 2.36. The summed E-state index contributed by atoms with van der Waals surface area (Å²) in [6.07, 6.45) is 2.28. The molecular formula is C14H25N3O3. The van der Waals surface area contributed by atoms with E-state index in [0.717, 1.165) is 30.6 Å². The lowest BCUT2D eigenvalue weighted by molar-refractivity contribution is 0.0760. The molecule has 6 heteroatoms. The van der Waals surface area contributed by atoms with E-state index in [1.165, 1.54) is 17.7 Å². The topological polar surface area (TPSA) is 65.3 Å². The average molecular weight is 283 g/mol. The van der Waals surface area contributed by atoms with Crippen molar-refractivity contribution in [3.63, 3.8) is 0 Å². The highest BCUT2D eigenvalue weighted by Crippen LogP contribution is 1.95. The van der Waals surface area contributed by atoms with Gasteiger partial charge in [-0.2, -0.15) is 0 Å². The molecule has 0 spiro atoms. The maximum absolute atomic E-state index is 11.7. The first-order valence-electron chi connectivity index (χ1n) is 7.01. The fraction of sp³-hybridized carbons (Fsp3) is 0.714. The van der Waals surface area contributed by atoms with Crippen molar-refractivity contribution >= 4 is 0 Å². The Morgan fingerprint density at radius 3 is 2.55 bits per heavy atom. The van der Waals surface area contributed by atoms with Crippen molar-refractivity contribution in [3.05, 3.63) is 32.6 Å². The summed E-state index contributed by atoms with van der Waals surface area (Å²) >= 11 is 0. The molecule has 0 unspecified atom stereocenters. The molecule has 20 heavy (non-hydrogen) atoms. The van der Waals surface area contributed by atoms with Crippen LogP contribution in [0.2, 0.25) is 0 Å². The van der Waals surface area contributed by atoms with Crippen LogP contribution in [0.4, 0.5) is 0 Å². The first-order chi connectivity index (χ1) is 9.43. The highest BCUT2D eigenvalue weighted by Gasteiger charge is 2.04. The van der Waals surface area contributed by atoms with Crippen LogP contribution in [0.15, 0.2) is 15.7 Å². The highest BCUT2D eigenvalue weighted by atomic mass is 16.5. The van der Waals surface area contributed by atoms with Gasteiger partial charge in [0, 0.05) is 39.0 Å². The van der Waals surface area contributed by atoms with Crippen LogP contribution < -0.4 is 16.6 Å². The molecule has 0 aliphatic carbocycles. The third-order valence-corrected chi connectivity index (χ3v) is 3.13. The molecule has 6 nitrogen and oxygen atoms in total. The Morgan fingerprint density at radius 2 is 1.90 bits per heavy atom. The SMILES string of the molecule is CC(C)OCCCCNCc1cc(=O)n(C)c(=O)n1C. The van der Waals surface area contributed by atoms with Crippen LogP contribution in [0.5, 0.6) is 0 Å². The van der Waals surface area contributed by atoms with Gasteiger partial charge in [-0.05, 0) is 33.2 Å². The molecule has 0 aromatic carbocycles. The van der Waals surface area contributed by atoms with Gasteiger partial charge in [-0.15, -0.1) is 0 Å². The van der Waals surface area contributed by atoms with E-state index in [-0.39, 0.29) is 17.4 Å². The van der Waals surface area contributed by atoms with E-state index in [1.54, 1.807) is 7.05 Å². The molecule has 0 amide bonds. The van der Waals surface area contributed by atoms with Gasteiger partial charge < -0.3 is 10.1 Å². The Hall–Kier alpha value is -1.40. The van der Waals surface area contributed by atoms with Gasteiger partial charge in [0.15, 0.2) is 0 Å². The highest BCUT2D eigenvalue weighted by molar-refractivity contribution is 5.01. The smallest absolute Gasteiger partial charge is 0.330 e. The summed E-state index contributed by atoms with van der Waals surface area (Å²) in [5.41, 5.74) is 0.145. The van der Waals surface area contributed by atoms with Crippen molar-refractivity contribution in [1.82, 2.24) is 14.5 Å². The van der Waals surface area contributed by atoms with E-state index < -0.39 is 0 Å². The van der Waals surface area contributed by atoms with Gasteiger partial charge in [0.1, 0.15) is 0 Å². The van der Waals surface area contributed by atoms with Gasteiger partial charge >= 0.3 is 5.69 Å². The minimum Gasteiger partial charge on any atom is -0.379 e. The fourth-order valence-corrected chi connectivity index (χ4v) is 1.84. The van der Waals surface area contributed by atoms with Crippen LogP contribution in [0.25, 0.3) is 0 Å². The standard InChI is InChI=1S/C14H25N3O3/c1-11(2)20-8-6-5-7-15-10-12-9-13(18)17(4)14(19)16(12)3/h9,11,15H,5-8,10H2,1-4H3. The van der Waals surface area contributed by atoms with Crippen LogP contribution >= 0.6 is 0 Å². The van der Waals surface area contributed by atoms with Crippen molar-refractivity contribution < 1.29 is 4.74 Å². The van der Waals surface area contributed by atoms with E-state index in [0.29, 0.717) is 12.2 Å². The molecule has 0 saturated carbocycles. The van der Waals surface area contributed by atoms with E-state index in [9.17, 15) is 9.59 Å². The molecule has 0 aliphatic heterocycles. The zero-order valence-corrected chi connectivity index (χ0v) is 12.8. The molecule has 1 rings (SSSR count). The second-order valence-corrected chi connectivity index (χ2v) is 5.18. The third kappa shape index (κ3) is 4.94. The van der Waals surface area contributed by atoms with Crippen LogP contribution in [-0.2, 0) is 25.4 Å². The maximum atomic E-state index is 11.7. The zero-order chi connectivity index (χ0) is 15.1. The van der Waals surface area contributed by atoms with Crippen LogP contribution in [0.3, 0.4) is 0 Å². The minimum atomic E-state index is -0.292. The summed E-state index contributed by atoms with van der Waals surface area (Å²) < 4.78 is 8.05.